The van der Waals surface area contributed by atoms with Crippen molar-refractivity contribution in [2.24, 2.45) is 0 Å². The number of nitro groups is 1. The number of ether oxygens (including phenoxy) is 3. The van der Waals surface area contributed by atoms with Gasteiger partial charge < -0.3 is 24.8 Å². The number of hydrogen-bond acceptors (Lipinski definition) is 8. The fourth-order valence-corrected chi connectivity index (χ4v) is 2.38. The molecule has 1 aliphatic heterocycles. The number of fused-ring (bicyclic) bond motifs is 1. The van der Waals surface area contributed by atoms with Gasteiger partial charge in [0.05, 0.1) is 23.8 Å². The standard InChI is InChI=1S/C18H14N4O6/c1-26-16-7-13(22(24)25)3-4-14(16)21-18(23)11(8-19)9-20-12-2-5-15-17(6-12)28-10-27-15/h2-7,9,20H,10H2,1H3,(H,21,23)/b11-9-. The molecule has 0 spiro atoms. The molecule has 142 valence electrons. The molecule has 0 saturated heterocycles. The second-order valence-electron chi connectivity index (χ2n) is 5.48. The number of anilines is 2. The minimum absolute atomic E-state index is 0.101. The number of nitrogens with one attached hydrogen (secondary N) is 2. The molecule has 1 aliphatic rings. The molecule has 3 rings (SSSR count). The second kappa shape index (κ2) is 7.96. The SMILES string of the molecule is COc1cc([N+](=O)[O-])ccc1NC(=O)/C(C#N)=C\Nc1ccc2c(c1)OCO2. The van der Waals surface area contributed by atoms with Gasteiger partial charge in [-0.05, 0) is 18.2 Å². The van der Waals surface area contributed by atoms with Crippen LogP contribution in [0.4, 0.5) is 17.1 Å². The number of nitriles is 1. The fourth-order valence-electron chi connectivity index (χ4n) is 2.38. The lowest BCUT2D eigenvalue weighted by atomic mass is 10.2. The van der Waals surface area contributed by atoms with Crippen molar-refractivity contribution in [3.8, 4) is 23.3 Å². The van der Waals surface area contributed by atoms with Crippen LogP contribution in [0.15, 0.2) is 48.2 Å². The van der Waals surface area contributed by atoms with E-state index in [1.54, 1.807) is 24.3 Å². The Morgan fingerprint density at radius 2 is 2.07 bits per heavy atom. The summed E-state index contributed by atoms with van der Waals surface area (Å²) in [6.07, 6.45) is 1.24. The van der Waals surface area contributed by atoms with Crippen LogP contribution in [0.2, 0.25) is 0 Å². The zero-order valence-corrected chi connectivity index (χ0v) is 14.6. The van der Waals surface area contributed by atoms with E-state index in [0.29, 0.717) is 17.2 Å². The van der Waals surface area contributed by atoms with Crippen LogP contribution in [0.3, 0.4) is 0 Å². The number of rotatable bonds is 6. The van der Waals surface area contributed by atoms with E-state index in [1.165, 1.54) is 31.5 Å². The predicted molar refractivity (Wildman–Crippen MR) is 98.2 cm³/mol. The Bertz CT molecular complexity index is 1010. The molecule has 28 heavy (non-hydrogen) atoms. The summed E-state index contributed by atoms with van der Waals surface area (Å²) in [6, 6.07) is 10.6. The van der Waals surface area contributed by atoms with Crippen molar-refractivity contribution >= 4 is 23.0 Å². The van der Waals surface area contributed by atoms with Crippen molar-refractivity contribution in [2.75, 3.05) is 24.5 Å². The van der Waals surface area contributed by atoms with Crippen molar-refractivity contribution in [2.45, 2.75) is 0 Å². The van der Waals surface area contributed by atoms with Crippen LogP contribution in [0, 0.1) is 21.4 Å². The van der Waals surface area contributed by atoms with Crippen LogP contribution in [-0.4, -0.2) is 24.7 Å². The number of amides is 1. The minimum Gasteiger partial charge on any atom is -0.494 e. The van der Waals surface area contributed by atoms with Crippen molar-refractivity contribution < 1.29 is 23.9 Å². The molecule has 0 aromatic heterocycles. The van der Waals surface area contributed by atoms with Crippen LogP contribution in [-0.2, 0) is 4.79 Å². The number of methoxy groups -OCH3 is 1. The fraction of sp³-hybridized carbons (Fsp3) is 0.111. The van der Waals surface area contributed by atoms with Gasteiger partial charge in [-0.25, -0.2) is 0 Å². The molecular weight excluding hydrogens is 368 g/mol. The second-order valence-corrected chi connectivity index (χ2v) is 5.48. The van der Waals surface area contributed by atoms with Crippen LogP contribution < -0.4 is 24.8 Å². The first kappa shape index (κ1) is 18.5. The highest BCUT2D eigenvalue weighted by Crippen LogP contribution is 2.34. The van der Waals surface area contributed by atoms with Crippen LogP contribution in [0.1, 0.15) is 0 Å². The average molecular weight is 382 g/mol. The lowest BCUT2D eigenvalue weighted by molar-refractivity contribution is -0.384. The molecular formula is C18H14N4O6. The molecule has 0 radical (unpaired) electrons. The molecule has 10 heteroatoms. The monoisotopic (exact) mass is 382 g/mol. The van der Waals surface area contributed by atoms with Gasteiger partial charge in [0.2, 0.25) is 6.79 Å². The van der Waals surface area contributed by atoms with Gasteiger partial charge in [0.25, 0.3) is 11.6 Å². The van der Waals surface area contributed by atoms with Gasteiger partial charge in [0, 0.05) is 24.0 Å². The third-order valence-corrected chi connectivity index (χ3v) is 3.76. The van der Waals surface area contributed by atoms with E-state index in [0.717, 1.165) is 0 Å². The first-order valence-electron chi connectivity index (χ1n) is 7.92. The Labute approximate surface area is 159 Å². The largest absolute Gasteiger partial charge is 0.494 e. The van der Waals surface area contributed by atoms with Gasteiger partial charge in [-0.3, -0.25) is 14.9 Å². The van der Waals surface area contributed by atoms with E-state index < -0.39 is 10.8 Å². The van der Waals surface area contributed by atoms with Gasteiger partial charge in [0.15, 0.2) is 11.5 Å². The van der Waals surface area contributed by atoms with Gasteiger partial charge in [0.1, 0.15) is 17.4 Å². The van der Waals surface area contributed by atoms with E-state index in [-0.39, 0.29) is 29.5 Å². The van der Waals surface area contributed by atoms with E-state index in [1.807, 2.05) is 0 Å². The van der Waals surface area contributed by atoms with Crippen molar-refractivity contribution in [3.63, 3.8) is 0 Å². The van der Waals surface area contributed by atoms with E-state index >= 15 is 0 Å². The highest BCUT2D eigenvalue weighted by molar-refractivity contribution is 6.07. The lowest BCUT2D eigenvalue weighted by Crippen LogP contribution is -2.15. The molecule has 10 nitrogen and oxygen atoms in total. The third-order valence-electron chi connectivity index (χ3n) is 3.76. The molecule has 0 atom stereocenters. The maximum atomic E-state index is 12.4. The number of hydrogen-bond donors (Lipinski definition) is 2. The zero-order valence-electron chi connectivity index (χ0n) is 14.6. The van der Waals surface area contributed by atoms with E-state index in [2.05, 4.69) is 10.6 Å². The summed E-state index contributed by atoms with van der Waals surface area (Å²) in [6.45, 7) is 0.136. The Morgan fingerprint density at radius 1 is 1.29 bits per heavy atom. The number of carbonyl (C=O) groups is 1. The summed E-state index contributed by atoms with van der Waals surface area (Å²) in [7, 11) is 1.32. The molecule has 2 N–H and O–H groups in total. The summed E-state index contributed by atoms with van der Waals surface area (Å²) >= 11 is 0. The first-order chi connectivity index (χ1) is 13.5. The number of nitro benzene ring substituents is 1. The lowest BCUT2D eigenvalue weighted by Gasteiger charge is -2.10. The molecule has 0 bridgehead atoms. The Hall–Kier alpha value is -4.26. The van der Waals surface area contributed by atoms with Crippen LogP contribution in [0.5, 0.6) is 17.2 Å². The van der Waals surface area contributed by atoms with Gasteiger partial charge in [-0.1, -0.05) is 0 Å². The molecule has 0 aliphatic carbocycles. The Balaban J connectivity index is 1.74. The van der Waals surface area contributed by atoms with E-state index in [4.69, 9.17) is 14.2 Å². The molecule has 0 saturated carbocycles. The third kappa shape index (κ3) is 3.94. The molecule has 2 aromatic carbocycles. The smallest absolute Gasteiger partial charge is 0.273 e. The van der Waals surface area contributed by atoms with Crippen molar-refractivity contribution in [1.82, 2.24) is 0 Å². The highest BCUT2D eigenvalue weighted by atomic mass is 16.7. The molecule has 0 fully saturated rings. The van der Waals surface area contributed by atoms with Gasteiger partial charge in [-0.15, -0.1) is 0 Å². The number of nitrogens with zero attached hydrogens (tertiary/aromatic N) is 2. The van der Waals surface area contributed by atoms with Gasteiger partial charge >= 0.3 is 0 Å². The summed E-state index contributed by atoms with van der Waals surface area (Å²) < 4.78 is 15.5. The highest BCUT2D eigenvalue weighted by Gasteiger charge is 2.16. The summed E-state index contributed by atoms with van der Waals surface area (Å²) in [4.78, 5) is 22.6. The number of non-ortho nitro benzene ring substituents is 1. The van der Waals surface area contributed by atoms with Crippen molar-refractivity contribution in [1.29, 1.82) is 5.26 Å². The first-order valence-corrected chi connectivity index (χ1v) is 7.92. The summed E-state index contributed by atoms with van der Waals surface area (Å²) in [5.41, 5.74) is 0.397. The Morgan fingerprint density at radius 3 is 2.79 bits per heavy atom. The number of carbonyl (C=O) groups excluding carboxylic acids is 1. The molecule has 0 unspecified atom stereocenters. The maximum absolute atomic E-state index is 12.4. The normalized spacial score (nSPS) is 12.1. The maximum Gasteiger partial charge on any atom is 0.273 e. The van der Waals surface area contributed by atoms with Crippen molar-refractivity contribution in [3.05, 3.63) is 58.3 Å². The number of benzene rings is 2. The average Bonchev–Trinajstić information content (AvgIpc) is 3.16. The minimum atomic E-state index is -0.706. The van der Waals surface area contributed by atoms with Crippen LogP contribution >= 0.6 is 0 Å². The predicted octanol–water partition coefficient (Wildman–Crippen LogP) is 2.79. The van der Waals surface area contributed by atoms with E-state index in [9.17, 15) is 20.2 Å². The summed E-state index contributed by atoms with van der Waals surface area (Å²) in [5, 5.41) is 25.4. The zero-order chi connectivity index (χ0) is 20.1. The quantitative estimate of drug-likeness (QED) is 0.337. The molecule has 1 heterocycles. The Kier molecular flexibility index (Phi) is 5.27. The topological polar surface area (TPSA) is 136 Å². The molecule has 2 aromatic rings. The molecule has 1 amide bonds. The summed E-state index contributed by atoms with van der Waals surface area (Å²) in [5.74, 6) is 0.557. The van der Waals surface area contributed by atoms with Gasteiger partial charge in [-0.2, -0.15) is 5.26 Å². The van der Waals surface area contributed by atoms with Crippen LogP contribution in [0.25, 0.3) is 0 Å².